The van der Waals surface area contributed by atoms with E-state index in [-0.39, 0.29) is 5.91 Å². The first-order chi connectivity index (χ1) is 10.3. The van der Waals surface area contributed by atoms with Crippen molar-refractivity contribution in [3.05, 3.63) is 53.0 Å². The number of benzene rings is 2. The lowest BCUT2D eigenvalue weighted by Crippen LogP contribution is -2.11. The molecule has 4 rings (SSSR count). The maximum atomic E-state index is 12.3. The molecule has 21 heavy (non-hydrogen) atoms. The number of nitrogens with zero attached hydrogens (tertiary/aromatic N) is 2. The summed E-state index contributed by atoms with van der Waals surface area (Å²) in [6, 6.07) is 11.3. The summed E-state index contributed by atoms with van der Waals surface area (Å²) in [6.07, 6.45) is 0. The van der Waals surface area contributed by atoms with Gasteiger partial charge in [-0.1, -0.05) is 0 Å². The summed E-state index contributed by atoms with van der Waals surface area (Å²) in [7, 11) is 0. The van der Waals surface area contributed by atoms with E-state index >= 15 is 0 Å². The molecule has 0 unspecified atom stereocenters. The first-order valence-electron chi connectivity index (χ1n) is 6.27. The van der Waals surface area contributed by atoms with E-state index in [0.29, 0.717) is 5.56 Å². The number of hydrogen-bond donors (Lipinski definition) is 1. The van der Waals surface area contributed by atoms with E-state index in [4.69, 9.17) is 0 Å². The van der Waals surface area contributed by atoms with Crippen LogP contribution in [0.15, 0.2) is 47.4 Å². The average Bonchev–Trinajstić information content (AvgIpc) is 3.14. The number of nitrogens with one attached hydrogen (secondary N) is 1. The van der Waals surface area contributed by atoms with E-state index < -0.39 is 0 Å². The summed E-state index contributed by atoms with van der Waals surface area (Å²) in [5.74, 6) is -0.139. The van der Waals surface area contributed by atoms with Gasteiger partial charge in [-0.15, -0.1) is 22.7 Å². The van der Waals surface area contributed by atoms with Crippen molar-refractivity contribution in [2.75, 3.05) is 5.32 Å². The molecule has 1 amide bonds. The molecule has 0 atom stereocenters. The van der Waals surface area contributed by atoms with Gasteiger partial charge in [-0.3, -0.25) is 4.79 Å². The van der Waals surface area contributed by atoms with Crippen LogP contribution in [-0.2, 0) is 0 Å². The molecule has 0 spiro atoms. The minimum atomic E-state index is -0.139. The summed E-state index contributed by atoms with van der Waals surface area (Å²) < 4.78 is 2.19. The fraction of sp³-hybridized carbons (Fsp3) is 0. The maximum absolute atomic E-state index is 12.3. The van der Waals surface area contributed by atoms with Crippen molar-refractivity contribution >= 4 is 54.7 Å². The van der Waals surface area contributed by atoms with Crippen molar-refractivity contribution in [2.24, 2.45) is 0 Å². The number of amides is 1. The highest BCUT2D eigenvalue weighted by Gasteiger charge is 2.09. The van der Waals surface area contributed by atoms with Gasteiger partial charge in [0.15, 0.2) is 0 Å². The summed E-state index contributed by atoms with van der Waals surface area (Å²) in [4.78, 5) is 20.8. The molecule has 4 aromatic rings. The van der Waals surface area contributed by atoms with E-state index in [2.05, 4.69) is 15.3 Å². The molecule has 0 bridgehead atoms. The van der Waals surface area contributed by atoms with Gasteiger partial charge in [0, 0.05) is 11.3 Å². The third-order valence-corrected chi connectivity index (χ3v) is 4.80. The first kappa shape index (κ1) is 12.4. The Hall–Kier alpha value is -2.31. The quantitative estimate of drug-likeness (QED) is 0.605. The predicted octanol–water partition coefficient (Wildman–Crippen LogP) is 4.16. The molecule has 4 nitrogen and oxygen atoms in total. The standard InChI is InChI=1S/C15H9N3OS2/c19-15(9-1-3-13-11(5-9)16-7-20-13)18-10-2-4-14-12(6-10)17-8-21-14/h1-8H,(H,18,19). The van der Waals surface area contributed by atoms with Crippen LogP contribution in [0.2, 0.25) is 0 Å². The average molecular weight is 311 g/mol. The van der Waals surface area contributed by atoms with Crippen LogP contribution in [0.1, 0.15) is 10.4 Å². The van der Waals surface area contributed by atoms with Gasteiger partial charge < -0.3 is 5.32 Å². The molecule has 0 fully saturated rings. The van der Waals surface area contributed by atoms with E-state index in [9.17, 15) is 4.79 Å². The molecule has 0 aliphatic carbocycles. The molecule has 0 saturated heterocycles. The van der Waals surface area contributed by atoms with Gasteiger partial charge in [0.05, 0.1) is 31.5 Å². The Morgan fingerprint density at radius 3 is 2.33 bits per heavy atom. The Kier molecular flexibility index (Phi) is 2.90. The number of rotatable bonds is 2. The van der Waals surface area contributed by atoms with Crippen LogP contribution in [-0.4, -0.2) is 15.9 Å². The van der Waals surface area contributed by atoms with Crippen molar-refractivity contribution in [2.45, 2.75) is 0 Å². The first-order valence-corrected chi connectivity index (χ1v) is 8.03. The fourth-order valence-corrected chi connectivity index (χ4v) is 3.46. The zero-order valence-corrected chi connectivity index (χ0v) is 12.4. The van der Waals surface area contributed by atoms with Gasteiger partial charge in [-0.05, 0) is 36.4 Å². The van der Waals surface area contributed by atoms with Crippen molar-refractivity contribution in [1.82, 2.24) is 9.97 Å². The number of hydrogen-bond acceptors (Lipinski definition) is 5. The normalized spacial score (nSPS) is 11.0. The lowest BCUT2D eigenvalue weighted by atomic mass is 10.2. The van der Waals surface area contributed by atoms with Crippen LogP contribution in [0.3, 0.4) is 0 Å². The molecule has 6 heteroatoms. The Morgan fingerprint density at radius 2 is 1.57 bits per heavy atom. The second-order valence-corrected chi connectivity index (χ2v) is 6.30. The molecule has 2 aromatic heterocycles. The number of carbonyl (C=O) groups excluding carboxylic acids is 1. The zero-order valence-electron chi connectivity index (χ0n) is 10.7. The highest BCUT2D eigenvalue weighted by molar-refractivity contribution is 7.17. The number of fused-ring (bicyclic) bond motifs is 2. The molecule has 0 aliphatic heterocycles. The van der Waals surface area contributed by atoms with Crippen LogP contribution < -0.4 is 5.32 Å². The second-order valence-electron chi connectivity index (χ2n) is 4.52. The third-order valence-electron chi connectivity index (χ3n) is 3.18. The van der Waals surface area contributed by atoms with Crippen molar-refractivity contribution in [3.8, 4) is 0 Å². The highest BCUT2D eigenvalue weighted by atomic mass is 32.1. The maximum Gasteiger partial charge on any atom is 0.255 e. The minimum absolute atomic E-state index is 0.139. The smallest absolute Gasteiger partial charge is 0.255 e. The third kappa shape index (κ3) is 2.28. The minimum Gasteiger partial charge on any atom is -0.322 e. The largest absolute Gasteiger partial charge is 0.322 e. The van der Waals surface area contributed by atoms with Crippen molar-refractivity contribution in [3.63, 3.8) is 0 Å². The molecule has 102 valence electrons. The van der Waals surface area contributed by atoms with Gasteiger partial charge in [-0.25, -0.2) is 9.97 Å². The fourth-order valence-electron chi connectivity index (χ4n) is 2.14. The monoisotopic (exact) mass is 311 g/mol. The molecule has 0 aliphatic rings. The van der Waals surface area contributed by atoms with E-state index in [1.54, 1.807) is 33.7 Å². The molecule has 0 radical (unpaired) electrons. The SMILES string of the molecule is O=C(Nc1ccc2scnc2c1)c1ccc2scnc2c1. The Balaban J connectivity index is 1.64. The molecule has 0 saturated carbocycles. The van der Waals surface area contributed by atoms with Crippen molar-refractivity contribution < 1.29 is 4.79 Å². The van der Waals surface area contributed by atoms with E-state index in [1.807, 2.05) is 36.4 Å². The van der Waals surface area contributed by atoms with E-state index in [0.717, 1.165) is 26.1 Å². The Labute approximate surface area is 128 Å². The van der Waals surface area contributed by atoms with Crippen LogP contribution in [0.25, 0.3) is 20.4 Å². The van der Waals surface area contributed by atoms with Crippen LogP contribution in [0, 0.1) is 0 Å². The van der Waals surface area contributed by atoms with Gasteiger partial charge in [0.2, 0.25) is 0 Å². The summed E-state index contributed by atoms with van der Waals surface area (Å²) >= 11 is 3.15. The summed E-state index contributed by atoms with van der Waals surface area (Å²) in [5, 5.41) is 2.90. The molecular weight excluding hydrogens is 302 g/mol. The molecule has 2 aromatic carbocycles. The van der Waals surface area contributed by atoms with Crippen LogP contribution in [0.4, 0.5) is 5.69 Å². The van der Waals surface area contributed by atoms with Crippen LogP contribution in [0.5, 0.6) is 0 Å². The van der Waals surface area contributed by atoms with Crippen LogP contribution >= 0.6 is 22.7 Å². The Morgan fingerprint density at radius 1 is 0.905 bits per heavy atom. The highest BCUT2D eigenvalue weighted by Crippen LogP contribution is 2.23. The number of carbonyl (C=O) groups is 1. The summed E-state index contributed by atoms with van der Waals surface area (Å²) in [5.41, 5.74) is 6.67. The predicted molar refractivity (Wildman–Crippen MR) is 87.2 cm³/mol. The second kappa shape index (κ2) is 4.91. The van der Waals surface area contributed by atoms with E-state index in [1.165, 1.54) is 0 Å². The lowest BCUT2D eigenvalue weighted by molar-refractivity contribution is 0.102. The summed E-state index contributed by atoms with van der Waals surface area (Å²) in [6.45, 7) is 0. The van der Waals surface area contributed by atoms with Gasteiger partial charge >= 0.3 is 0 Å². The van der Waals surface area contributed by atoms with Gasteiger partial charge in [0.25, 0.3) is 5.91 Å². The van der Waals surface area contributed by atoms with Crippen molar-refractivity contribution in [1.29, 1.82) is 0 Å². The Bertz CT molecular complexity index is 958. The van der Waals surface area contributed by atoms with Gasteiger partial charge in [0.1, 0.15) is 0 Å². The number of anilines is 1. The molecule has 2 heterocycles. The molecule has 1 N–H and O–H groups in total. The van der Waals surface area contributed by atoms with Gasteiger partial charge in [-0.2, -0.15) is 0 Å². The number of aromatic nitrogens is 2. The molecular formula is C15H9N3OS2. The number of thiazole rings is 2. The lowest BCUT2D eigenvalue weighted by Gasteiger charge is -2.05. The topological polar surface area (TPSA) is 54.9 Å². The zero-order chi connectivity index (χ0) is 14.2.